The summed E-state index contributed by atoms with van der Waals surface area (Å²) in [5.74, 6) is 0. The van der Waals surface area contributed by atoms with Crippen LogP contribution in [0.3, 0.4) is 0 Å². The standard InChI is InChI=1S/C51H37N5/c1-36-32-37(48-35-52-46-24-14-15-25-47(46)53-48)26-29-49(36)56-50-30-27-42(54(38-16-6-2-7-17-38)39-18-8-3-9-19-39)33-44(50)45-34-43(28-31-51(45)56)55(40-20-10-4-11-21-40)41-22-12-5-13-23-41/h2-35H,1H3. The predicted molar refractivity (Wildman–Crippen MR) is 233 cm³/mol. The number of anilines is 6. The van der Waals surface area contributed by atoms with Crippen molar-refractivity contribution in [1.82, 2.24) is 14.5 Å². The zero-order valence-electron chi connectivity index (χ0n) is 30.9. The van der Waals surface area contributed by atoms with Crippen LogP contribution in [0.1, 0.15) is 5.56 Å². The number of nitrogens with zero attached hydrogens (tertiary/aromatic N) is 5. The van der Waals surface area contributed by atoms with Crippen molar-refractivity contribution in [2.45, 2.75) is 6.92 Å². The molecule has 2 heterocycles. The summed E-state index contributed by atoms with van der Waals surface area (Å²) in [5, 5.41) is 2.34. The second-order valence-corrected chi connectivity index (χ2v) is 14.0. The zero-order valence-corrected chi connectivity index (χ0v) is 30.9. The van der Waals surface area contributed by atoms with Gasteiger partial charge in [0.25, 0.3) is 0 Å². The zero-order chi connectivity index (χ0) is 37.4. The lowest BCUT2D eigenvalue weighted by Crippen LogP contribution is -2.09. The van der Waals surface area contributed by atoms with E-state index in [-0.39, 0.29) is 0 Å². The lowest BCUT2D eigenvalue weighted by molar-refractivity contribution is 1.15. The molecule has 266 valence electrons. The highest BCUT2D eigenvalue weighted by Gasteiger charge is 2.21. The first-order valence-corrected chi connectivity index (χ1v) is 18.9. The number of benzene rings is 8. The number of rotatable bonds is 8. The van der Waals surface area contributed by atoms with Gasteiger partial charge in [-0.3, -0.25) is 4.98 Å². The van der Waals surface area contributed by atoms with Crippen molar-refractivity contribution in [3.05, 3.63) is 212 Å². The molecule has 0 saturated heterocycles. The normalized spacial score (nSPS) is 11.3. The van der Waals surface area contributed by atoms with Crippen LogP contribution in [0, 0.1) is 6.92 Å². The summed E-state index contributed by atoms with van der Waals surface area (Å²) in [7, 11) is 0. The first kappa shape index (κ1) is 33.1. The third-order valence-corrected chi connectivity index (χ3v) is 10.5. The Bertz CT molecular complexity index is 2760. The molecule has 0 aliphatic rings. The molecule has 0 atom stereocenters. The van der Waals surface area contributed by atoms with Gasteiger partial charge >= 0.3 is 0 Å². The fourth-order valence-corrected chi connectivity index (χ4v) is 7.90. The maximum Gasteiger partial charge on any atom is 0.0894 e. The molecule has 0 bridgehead atoms. The molecule has 0 saturated carbocycles. The minimum Gasteiger partial charge on any atom is -0.310 e. The number of aryl methyl sites for hydroxylation is 1. The second-order valence-electron chi connectivity index (χ2n) is 14.0. The second kappa shape index (κ2) is 14.0. The van der Waals surface area contributed by atoms with Gasteiger partial charge < -0.3 is 14.4 Å². The molecule has 0 fully saturated rings. The van der Waals surface area contributed by atoms with E-state index >= 15 is 0 Å². The average molecular weight is 720 g/mol. The minimum absolute atomic E-state index is 0.860. The van der Waals surface area contributed by atoms with E-state index in [1.165, 1.54) is 10.8 Å². The van der Waals surface area contributed by atoms with Crippen molar-refractivity contribution in [2.75, 3.05) is 9.80 Å². The quantitative estimate of drug-likeness (QED) is 0.157. The fourth-order valence-electron chi connectivity index (χ4n) is 7.90. The van der Waals surface area contributed by atoms with Crippen molar-refractivity contribution < 1.29 is 0 Å². The van der Waals surface area contributed by atoms with Crippen LogP contribution in [-0.4, -0.2) is 14.5 Å². The van der Waals surface area contributed by atoms with Crippen molar-refractivity contribution in [3.8, 4) is 16.9 Å². The van der Waals surface area contributed by atoms with Crippen molar-refractivity contribution in [3.63, 3.8) is 0 Å². The van der Waals surface area contributed by atoms with Crippen LogP contribution in [-0.2, 0) is 0 Å². The minimum atomic E-state index is 0.860. The summed E-state index contributed by atoms with van der Waals surface area (Å²) in [4.78, 5) is 14.3. The van der Waals surface area contributed by atoms with Crippen molar-refractivity contribution >= 4 is 67.0 Å². The molecule has 5 nitrogen and oxygen atoms in total. The molecule has 56 heavy (non-hydrogen) atoms. The summed E-state index contributed by atoms with van der Waals surface area (Å²) >= 11 is 0. The van der Waals surface area contributed by atoms with E-state index in [0.29, 0.717) is 0 Å². The van der Waals surface area contributed by atoms with E-state index in [9.17, 15) is 0 Å². The molecule has 10 aromatic rings. The Morgan fingerprint density at radius 3 is 1.32 bits per heavy atom. The van der Waals surface area contributed by atoms with Gasteiger partial charge in [0.05, 0.1) is 34.0 Å². The highest BCUT2D eigenvalue weighted by atomic mass is 15.1. The third kappa shape index (κ3) is 5.92. The number of aromatic nitrogens is 3. The van der Waals surface area contributed by atoms with Gasteiger partial charge in [-0.05, 0) is 122 Å². The van der Waals surface area contributed by atoms with Crippen LogP contribution in [0.4, 0.5) is 34.1 Å². The van der Waals surface area contributed by atoms with E-state index in [0.717, 1.165) is 78.7 Å². The third-order valence-electron chi connectivity index (χ3n) is 10.5. The summed E-state index contributed by atoms with van der Waals surface area (Å²) in [6, 6.07) is 70.8. The van der Waals surface area contributed by atoms with Crippen molar-refractivity contribution in [1.29, 1.82) is 0 Å². The first-order chi connectivity index (χ1) is 27.7. The van der Waals surface area contributed by atoms with Gasteiger partial charge in [0.1, 0.15) is 0 Å². The molecule has 0 N–H and O–H groups in total. The molecule has 0 radical (unpaired) electrons. The van der Waals surface area contributed by atoms with E-state index in [1.54, 1.807) is 0 Å². The van der Waals surface area contributed by atoms with Crippen molar-refractivity contribution in [2.24, 2.45) is 0 Å². The van der Waals surface area contributed by atoms with Crippen LogP contribution in [0.5, 0.6) is 0 Å². The van der Waals surface area contributed by atoms with Gasteiger partial charge in [-0.15, -0.1) is 0 Å². The van der Waals surface area contributed by atoms with Crippen LogP contribution >= 0.6 is 0 Å². The maximum atomic E-state index is 4.95. The molecule has 8 aromatic carbocycles. The van der Waals surface area contributed by atoms with Crippen LogP contribution < -0.4 is 9.80 Å². The molecule has 0 spiro atoms. The Balaban J connectivity index is 1.19. The average Bonchev–Trinajstić information content (AvgIpc) is 3.58. The molecule has 5 heteroatoms. The maximum absolute atomic E-state index is 4.95. The molecular formula is C51H37N5. The van der Waals surface area contributed by atoms with Gasteiger partial charge in [-0.2, -0.15) is 0 Å². The van der Waals surface area contributed by atoms with E-state index < -0.39 is 0 Å². The molecule has 0 aliphatic carbocycles. The molecule has 0 aliphatic heterocycles. The first-order valence-electron chi connectivity index (χ1n) is 18.9. The Kier molecular flexibility index (Phi) is 8.30. The summed E-state index contributed by atoms with van der Waals surface area (Å²) in [6.07, 6.45) is 1.87. The largest absolute Gasteiger partial charge is 0.310 e. The monoisotopic (exact) mass is 719 g/mol. The van der Waals surface area contributed by atoms with Gasteiger partial charge in [-0.25, -0.2) is 4.98 Å². The summed E-state index contributed by atoms with van der Waals surface area (Å²) in [5.41, 5.74) is 14.8. The Morgan fingerprint density at radius 2 is 0.857 bits per heavy atom. The lowest BCUT2D eigenvalue weighted by atomic mass is 10.1. The van der Waals surface area contributed by atoms with Gasteiger partial charge in [0.2, 0.25) is 0 Å². The molecule has 10 rings (SSSR count). The number of hydrogen-bond donors (Lipinski definition) is 0. The Labute approximate surface area is 326 Å². The highest BCUT2D eigenvalue weighted by molar-refractivity contribution is 6.12. The van der Waals surface area contributed by atoms with E-state index in [1.807, 2.05) is 30.5 Å². The van der Waals surface area contributed by atoms with E-state index in [4.69, 9.17) is 9.97 Å². The van der Waals surface area contributed by atoms with Crippen LogP contribution in [0.2, 0.25) is 0 Å². The summed E-state index contributed by atoms with van der Waals surface area (Å²) in [6.45, 7) is 2.19. The van der Waals surface area contributed by atoms with Crippen LogP contribution in [0.25, 0.3) is 49.8 Å². The molecule has 0 amide bonds. The Morgan fingerprint density at radius 1 is 0.411 bits per heavy atom. The molecule has 0 unspecified atom stereocenters. The van der Waals surface area contributed by atoms with Crippen LogP contribution in [0.15, 0.2) is 206 Å². The Hall–Kier alpha value is -7.50. The number of para-hydroxylation sites is 6. The van der Waals surface area contributed by atoms with Gasteiger partial charge in [0.15, 0.2) is 0 Å². The number of hydrogen-bond acceptors (Lipinski definition) is 4. The van der Waals surface area contributed by atoms with Gasteiger partial charge in [-0.1, -0.05) is 91.0 Å². The SMILES string of the molecule is Cc1cc(-c2cnc3ccccc3n2)ccc1-n1c2ccc(N(c3ccccc3)c3ccccc3)cc2c2cc(N(c3ccccc3)c3ccccc3)ccc21. The smallest absolute Gasteiger partial charge is 0.0894 e. The molecular weight excluding hydrogens is 683 g/mol. The molecule has 2 aromatic heterocycles. The van der Waals surface area contributed by atoms with Gasteiger partial charge in [0, 0.05) is 56.1 Å². The van der Waals surface area contributed by atoms with E-state index in [2.05, 4.69) is 197 Å². The fraction of sp³-hybridized carbons (Fsp3) is 0.0196. The topological polar surface area (TPSA) is 37.2 Å². The lowest BCUT2D eigenvalue weighted by Gasteiger charge is -2.26. The highest BCUT2D eigenvalue weighted by Crippen LogP contribution is 2.43. The number of fused-ring (bicyclic) bond motifs is 4. The predicted octanol–water partition coefficient (Wildman–Crippen LogP) is 13.6. The summed E-state index contributed by atoms with van der Waals surface area (Å²) < 4.78 is 2.41.